The van der Waals surface area contributed by atoms with Gasteiger partial charge in [-0.05, 0) is 68.9 Å². The smallest absolute Gasteiger partial charge is 0.253 e. The Labute approximate surface area is 267 Å². The van der Waals surface area contributed by atoms with Crippen LogP contribution in [0.15, 0.2) is 73.8 Å². The number of fused-ring (bicyclic) bond motifs is 1. The Morgan fingerprint density at radius 1 is 1.07 bits per heavy atom. The van der Waals surface area contributed by atoms with Crippen LogP contribution in [0.1, 0.15) is 51.2 Å². The van der Waals surface area contributed by atoms with Crippen LogP contribution in [-0.2, 0) is 19.1 Å². The molecule has 3 heterocycles. The summed E-state index contributed by atoms with van der Waals surface area (Å²) in [7, 11) is 0. The molecule has 3 saturated heterocycles. The van der Waals surface area contributed by atoms with E-state index in [1.165, 1.54) is 0 Å². The zero-order chi connectivity index (χ0) is 32.7. The van der Waals surface area contributed by atoms with Crippen molar-refractivity contribution in [1.82, 2.24) is 4.90 Å². The summed E-state index contributed by atoms with van der Waals surface area (Å²) in [5, 5.41) is 10.7. The summed E-state index contributed by atoms with van der Waals surface area (Å²) in [6.45, 7) is 17.8. The van der Waals surface area contributed by atoms with E-state index in [1.807, 2.05) is 83.1 Å². The van der Waals surface area contributed by atoms with E-state index in [4.69, 9.17) is 4.74 Å². The van der Waals surface area contributed by atoms with Gasteiger partial charge >= 0.3 is 0 Å². The lowest BCUT2D eigenvalue weighted by Crippen LogP contribution is -2.60. The van der Waals surface area contributed by atoms with Crippen LogP contribution in [0.25, 0.3) is 0 Å². The van der Waals surface area contributed by atoms with Gasteiger partial charge in [-0.3, -0.25) is 14.4 Å². The fourth-order valence-electron chi connectivity index (χ4n) is 8.01. The van der Waals surface area contributed by atoms with E-state index < -0.39 is 35.1 Å². The van der Waals surface area contributed by atoms with Crippen molar-refractivity contribution in [2.24, 2.45) is 17.8 Å². The second kappa shape index (κ2) is 12.6. The van der Waals surface area contributed by atoms with Gasteiger partial charge in [0.15, 0.2) is 0 Å². The minimum atomic E-state index is -1.22. The first-order valence-corrected chi connectivity index (χ1v) is 16.1. The zero-order valence-electron chi connectivity index (χ0n) is 27.2. The number of para-hydroxylation sites is 1. The summed E-state index contributed by atoms with van der Waals surface area (Å²) in [5.74, 6) is -2.61. The molecule has 0 aromatic heterocycles. The molecular formula is C37H47N3O5. The van der Waals surface area contributed by atoms with Crippen molar-refractivity contribution < 1.29 is 24.2 Å². The Bertz CT molecular complexity index is 1480. The number of likely N-dealkylation sites (tertiary alicyclic amines) is 1. The molecule has 0 saturated carbocycles. The number of hydrogen-bond acceptors (Lipinski definition) is 5. The van der Waals surface area contributed by atoms with Gasteiger partial charge in [0.25, 0.3) is 5.91 Å². The molecule has 8 heteroatoms. The molecule has 3 aliphatic rings. The number of carbonyl (C=O) groups is 3. The molecule has 0 aliphatic carbocycles. The number of aliphatic hydroxyl groups excluding tert-OH is 1. The fraction of sp³-hybridized carbons (Fsp3) is 0.486. The second-order valence-electron chi connectivity index (χ2n) is 13.2. The van der Waals surface area contributed by atoms with Gasteiger partial charge in [0.2, 0.25) is 11.8 Å². The summed E-state index contributed by atoms with van der Waals surface area (Å²) in [5.41, 5.74) is 1.20. The van der Waals surface area contributed by atoms with Crippen LogP contribution >= 0.6 is 0 Å². The number of anilines is 2. The highest BCUT2D eigenvalue weighted by molar-refractivity contribution is 6.07. The molecule has 1 N–H and O–H groups in total. The molecule has 0 radical (unpaired) electrons. The minimum Gasteiger partial charge on any atom is -0.394 e. The predicted octanol–water partition coefficient (Wildman–Crippen LogP) is 5.21. The van der Waals surface area contributed by atoms with E-state index in [9.17, 15) is 14.7 Å². The quantitative estimate of drug-likeness (QED) is 0.332. The van der Waals surface area contributed by atoms with Crippen LogP contribution in [-0.4, -0.2) is 70.7 Å². The number of nitrogens with zero attached hydrogens (tertiary/aromatic N) is 3. The Balaban J connectivity index is 1.67. The van der Waals surface area contributed by atoms with E-state index in [0.29, 0.717) is 24.9 Å². The molecule has 1 spiro atoms. The number of amides is 3. The largest absolute Gasteiger partial charge is 0.394 e. The molecule has 8 nitrogen and oxygen atoms in total. The third kappa shape index (κ3) is 5.22. The van der Waals surface area contributed by atoms with E-state index in [1.54, 1.807) is 26.9 Å². The molecule has 3 aliphatic heterocycles. The van der Waals surface area contributed by atoms with Gasteiger partial charge < -0.3 is 24.5 Å². The monoisotopic (exact) mass is 613 g/mol. The summed E-state index contributed by atoms with van der Waals surface area (Å²) < 4.78 is 6.94. The first-order chi connectivity index (χ1) is 21.5. The van der Waals surface area contributed by atoms with Crippen molar-refractivity contribution in [2.75, 3.05) is 29.5 Å². The summed E-state index contributed by atoms with van der Waals surface area (Å²) in [4.78, 5) is 49.5. The third-order valence-corrected chi connectivity index (χ3v) is 10.4. The minimum absolute atomic E-state index is 0.0958. The maximum absolute atomic E-state index is 15.1. The lowest BCUT2D eigenvalue weighted by Gasteiger charge is -2.41. The molecule has 5 rings (SSSR count). The molecule has 2 bridgehead atoms. The third-order valence-electron chi connectivity index (χ3n) is 10.4. The first kappa shape index (κ1) is 32.6. The molecule has 2 aromatic rings. The highest BCUT2D eigenvalue weighted by Gasteiger charge is 2.79. The molecule has 2 aromatic carbocycles. The van der Waals surface area contributed by atoms with Crippen LogP contribution in [0.5, 0.6) is 0 Å². The molecule has 3 amide bonds. The van der Waals surface area contributed by atoms with E-state index >= 15 is 4.79 Å². The van der Waals surface area contributed by atoms with Crippen molar-refractivity contribution in [3.05, 3.63) is 85.0 Å². The van der Waals surface area contributed by atoms with Gasteiger partial charge in [0.1, 0.15) is 11.6 Å². The first-order valence-electron chi connectivity index (χ1n) is 16.1. The van der Waals surface area contributed by atoms with Crippen molar-refractivity contribution in [3.63, 3.8) is 0 Å². The number of rotatable bonds is 12. The molecule has 2 unspecified atom stereocenters. The highest BCUT2D eigenvalue weighted by Crippen LogP contribution is 2.64. The van der Waals surface area contributed by atoms with Gasteiger partial charge in [0.05, 0.1) is 30.1 Å². The summed E-state index contributed by atoms with van der Waals surface area (Å²) >= 11 is 0. The van der Waals surface area contributed by atoms with Crippen LogP contribution in [0.3, 0.4) is 0 Å². The maximum Gasteiger partial charge on any atom is 0.253 e. The van der Waals surface area contributed by atoms with Crippen molar-refractivity contribution in [2.45, 2.75) is 77.2 Å². The second-order valence-corrected chi connectivity index (χ2v) is 13.2. The van der Waals surface area contributed by atoms with Crippen LogP contribution < -0.4 is 9.80 Å². The number of aliphatic hydroxyl groups is 1. The Morgan fingerprint density at radius 2 is 1.73 bits per heavy atom. The zero-order valence-corrected chi connectivity index (χ0v) is 27.2. The average molecular weight is 614 g/mol. The average Bonchev–Trinajstić information content (AvgIpc) is 3.60. The normalized spacial score (nSPS) is 28.0. The van der Waals surface area contributed by atoms with Gasteiger partial charge in [-0.25, -0.2) is 0 Å². The number of benzene rings is 2. The van der Waals surface area contributed by atoms with Gasteiger partial charge in [-0.15, -0.1) is 13.2 Å². The van der Waals surface area contributed by atoms with Crippen LogP contribution in [0, 0.1) is 31.6 Å². The predicted molar refractivity (Wildman–Crippen MR) is 177 cm³/mol. The van der Waals surface area contributed by atoms with E-state index in [0.717, 1.165) is 16.8 Å². The fourth-order valence-corrected chi connectivity index (χ4v) is 8.01. The lowest BCUT2D eigenvalue weighted by molar-refractivity contribution is -0.149. The molecular weight excluding hydrogens is 566 g/mol. The number of ether oxygens (including phenoxy) is 1. The van der Waals surface area contributed by atoms with Crippen molar-refractivity contribution >= 4 is 29.1 Å². The molecule has 3 fully saturated rings. The SMILES string of the molecule is C=CCN(C(=O)[C@@H]1[C@H]2C(=O)N([C@@H](CO)[C@@H](C)CC)C(C(=O)N(CC=C)c3cc(C)ccc3C)C23CC[C@@]1(C)O3)c1ccccc1. The number of aryl methyl sites for hydroxylation is 2. The van der Waals surface area contributed by atoms with Crippen molar-refractivity contribution in [3.8, 4) is 0 Å². The maximum atomic E-state index is 15.1. The van der Waals surface area contributed by atoms with Gasteiger partial charge in [-0.1, -0.05) is 62.8 Å². The molecule has 45 heavy (non-hydrogen) atoms. The standard InChI is InChI=1S/C37H47N3O5/c1-8-20-38(27-14-12-11-13-15-27)33(42)30-31-34(43)40(29(23-41)25(5)10-3)32(37(31)19-18-36(30,7)45-37)35(44)39(21-9-2)28-22-24(4)16-17-26(28)6/h8-9,11-17,22,25,29-32,41H,1-2,10,18-21,23H2,3-7H3/t25-,29-,30-,31-,32?,36+,37?/m0/s1. The Hall–Kier alpha value is -3.75. The summed E-state index contributed by atoms with van der Waals surface area (Å²) in [6, 6.07) is 13.7. The molecule has 7 atom stereocenters. The van der Waals surface area contributed by atoms with Crippen LogP contribution in [0.2, 0.25) is 0 Å². The highest BCUT2D eigenvalue weighted by atomic mass is 16.5. The Morgan fingerprint density at radius 3 is 2.36 bits per heavy atom. The number of carbonyl (C=O) groups excluding carboxylic acids is 3. The topological polar surface area (TPSA) is 90.4 Å². The number of hydrogen-bond donors (Lipinski definition) is 1. The lowest BCUT2D eigenvalue weighted by atomic mass is 9.66. The van der Waals surface area contributed by atoms with Crippen LogP contribution in [0.4, 0.5) is 11.4 Å². The summed E-state index contributed by atoms with van der Waals surface area (Å²) in [6.07, 6.45) is 5.04. The Kier molecular flexibility index (Phi) is 9.11. The van der Waals surface area contributed by atoms with E-state index in [-0.39, 0.29) is 43.3 Å². The van der Waals surface area contributed by atoms with E-state index in [2.05, 4.69) is 13.2 Å². The van der Waals surface area contributed by atoms with Crippen molar-refractivity contribution in [1.29, 1.82) is 0 Å². The molecule has 240 valence electrons. The van der Waals surface area contributed by atoms with Gasteiger partial charge in [0, 0.05) is 24.5 Å². The van der Waals surface area contributed by atoms with Gasteiger partial charge in [-0.2, -0.15) is 0 Å².